The molecule has 0 aliphatic carbocycles. The van der Waals surface area contributed by atoms with E-state index in [2.05, 4.69) is 220 Å². The van der Waals surface area contributed by atoms with Crippen LogP contribution in [0, 0.1) is 20.8 Å². The molecule has 1 aliphatic rings. The molecular formula is C54H61N4O+. The summed E-state index contributed by atoms with van der Waals surface area (Å²) in [5.41, 5.74) is 16.7. The number of rotatable bonds is 5. The van der Waals surface area contributed by atoms with Gasteiger partial charge in [-0.3, -0.25) is 4.90 Å². The topological polar surface area (TPSA) is 34.2 Å². The Kier molecular flexibility index (Phi) is 9.50. The lowest BCUT2D eigenvalue weighted by Gasteiger charge is -2.41. The molecule has 0 unspecified atom stereocenters. The summed E-state index contributed by atoms with van der Waals surface area (Å²) in [6.45, 7) is 31.9. The lowest BCUT2D eigenvalue weighted by molar-refractivity contribution is -0.568. The standard InChI is InChI=1S/C54H61N4O/c1-34-26-35(2)49(36(3)27-34)57-33-56(50-44(53(10,11)12)28-38(29-47(50)57)52(7,8)9)39-18-17-19-40(31-39)59-41-22-23-43-46(32-41)58(45-21-16-15-20-42(45)54(43,13)14)48-30-37(24-25-55-48)51(4,5)6/h15-33H,1-14H3/q+1. The van der Waals surface area contributed by atoms with Crippen LogP contribution in [0.5, 0.6) is 11.5 Å². The summed E-state index contributed by atoms with van der Waals surface area (Å²) in [6, 6.07) is 37.6. The van der Waals surface area contributed by atoms with Gasteiger partial charge in [0, 0.05) is 29.3 Å². The van der Waals surface area contributed by atoms with Crippen molar-refractivity contribution in [2.75, 3.05) is 4.90 Å². The maximum Gasteiger partial charge on any atom is 0.255 e. The zero-order chi connectivity index (χ0) is 42.4. The molecule has 0 spiro atoms. The highest BCUT2D eigenvalue weighted by atomic mass is 16.5. The second-order valence-corrected chi connectivity index (χ2v) is 20.4. The Bertz CT molecular complexity index is 2740. The molecule has 0 radical (unpaired) electrons. The van der Waals surface area contributed by atoms with Crippen molar-refractivity contribution >= 4 is 28.2 Å². The van der Waals surface area contributed by atoms with Crippen LogP contribution in [0.25, 0.3) is 22.4 Å². The fraction of sp³-hybridized carbons (Fsp3) is 0.333. The Hall–Kier alpha value is -5.68. The summed E-state index contributed by atoms with van der Waals surface area (Å²) >= 11 is 0. The third-order valence-corrected chi connectivity index (χ3v) is 12.2. The first-order valence-corrected chi connectivity index (χ1v) is 21.1. The summed E-state index contributed by atoms with van der Waals surface area (Å²) < 4.78 is 11.7. The first kappa shape index (κ1) is 40.1. The van der Waals surface area contributed by atoms with E-state index in [-0.39, 0.29) is 21.7 Å². The van der Waals surface area contributed by atoms with Crippen molar-refractivity contribution < 1.29 is 9.30 Å². The number of nitrogens with zero attached hydrogens (tertiary/aromatic N) is 4. The molecule has 0 fully saturated rings. The number of hydrogen-bond acceptors (Lipinski definition) is 3. The molecule has 2 aromatic heterocycles. The summed E-state index contributed by atoms with van der Waals surface area (Å²) in [5.74, 6) is 2.45. The highest BCUT2D eigenvalue weighted by Gasteiger charge is 2.38. The van der Waals surface area contributed by atoms with Gasteiger partial charge in [-0.2, -0.15) is 9.13 Å². The van der Waals surface area contributed by atoms with E-state index in [0.29, 0.717) is 0 Å². The van der Waals surface area contributed by atoms with Crippen LogP contribution in [0.1, 0.15) is 121 Å². The molecule has 0 atom stereocenters. The third kappa shape index (κ3) is 7.13. The van der Waals surface area contributed by atoms with Gasteiger partial charge in [-0.1, -0.05) is 130 Å². The fourth-order valence-electron chi connectivity index (χ4n) is 9.07. The van der Waals surface area contributed by atoms with Crippen molar-refractivity contribution in [2.45, 2.75) is 119 Å². The fourth-order valence-corrected chi connectivity index (χ4v) is 9.07. The number of imidazole rings is 1. The van der Waals surface area contributed by atoms with Crippen molar-refractivity contribution in [3.8, 4) is 22.9 Å². The van der Waals surface area contributed by atoms with Gasteiger partial charge in [0.15, 0.2) is 11.0 Å². The number of para-hydroxylation sites is 1. The quantitative estimate of drug-likeness (QED) is 0.163. The van der Waals surface area contributed by atoms with E-state index < -0.39 is 0 Å². The molecule has 3 heterocycles. The highest BCUT2D eigenvalue weighted by Crippen LogP contribution is 2.52. The molecule has 5 aromatic carbocycles. The lowest BCUT2D eigenvalue weighted by Crippen LogP contribution is -2.32. The van der Waals surface area contributed by atoms with Crippen molar-refractivity contribution in [3.05, 3.63) is 160 Å². The molecule has 1 aliphatic heterocycles. The van der Waals surface area contributed by atoms with Crippen LogP contribution < -0.4 is 14.2 Å². The number of aromatic nitrogens is 3. The van der Waals surface area contributed by atoms with E-state index in [1.807, 2.05) is 6.20 Å². The van der Waals surface area contributed by atoms with Crippen LogP contribution in [0.15, 0.2) is 116 Å². The summed E-state index contributed by atoms with van der Waals surface area (Å²) in [5, 5.41) is 0. The summed E-state index contributed by atoms with van der Waals surface area (Å²) in [6.07, 6.45) is 4.22. The minimum Gasteiger partial charge on any atom is -0.457 e. The van der Waals surface area contributed by atoms with Crippen molar-refractivity contribution in [1.29, 1.82) is 0 Å². The number of benzene rings is 5. The van der Waals surface area contributed by atoms with E-state index in [1.165, 1.54) is 61.2 Å². The van der Waals surface area contributed by atoms with Gasteiger partial charge in [-0.25, -0.2) is 4.98 Å². The molecule has 0 bridgehead atoms. The van der Waals surface area contributed by atoms with Gasteiger partial charge >= 0.3 is 0 Å². The summed E-state index contributed by atoms with van der Waals surface area (Å²) in [7, 11) is 0. The second kappa shape index (κ2) is 14.0. The minimum atomic E-state index is -0.223. The van der Waals surface area contributed by atoms with Crippen LogP contribution in [0.3, 0.4) is 0 Å². The van der Waals surface area contributed by atoms with Gasteiger partial charge < -0.3 is 4.74 Å². The smallest absolute Gasteiger partial charge is 0.255 e. The van der Waals surface area contributed by atoms with Gasteiger partial charge in [0.25, 0.3) is 6.33 Å². The molecule has 8 rings (SSSR count). The molecule has 0 N–H and O–H groups in total. The van der Waals surface area contributed by atoms with E-state index in [0.717, 1.165) is 34.4 Å². The van der Waals surface area contributed by atoms with Gasteiger partial charge in [0.2, 0.25) is 0 Å². The number of ether oxygens (including phenoxy) is 1. The predicted octanol–water partition coefficient (Wildman–Crippen LogP) is 14.0. The zero-order valence-corrected chi connectivity index (χ0v) is 37.7. The molecule has 5 nitrogen and oxygen atoms in total. The Morgan fingerprint density at radius 3 is 1.95 bits per heavy atom. The molecule has 302 valence electrons. The van der Waals surface area contributed by atoms with E-state index in [4.69, 9.17) is 9.72 Å². The largest absolute Gasteiger partial charge is 0.457 e. The Morgan fingerprint density at radius 1 is 0.610 bits per heavy atom. The molecule has 5 heteroatoms. The molecule has 7 aromatic rings. The molecular weight excluding hydrogens is 721 g/mol. The number of hydrogen-bond donors (Lipinski definition) is 0. The zero-order valence-electron chi connectivity index (χ0n) is 37.7. The van der Waals surface area contributed by atoms with Gasteiger partial charge in [0.1, 0.15) is 28.7 Å². The highest BCUT2D eigenvalue weighted by molar-refractivity contribution is 5.86. The molecule has 59 heavy (non-hydrogen) atoms. The first-order chi connectivity index (χ1) is 27.6. The Labute approximate surface area is 352 Å². The van der Waals surface area contributed by atoms with Crippen LogP contribution in [0.2, 0.25) is 0 Å². The van der Waals surface area contributed by atoms with Crippen molar-refractivity contribution in [1.82, 2.24) is 9.55 Å². The van der Waals surface area contributed by atoms with Gasteiger partial charge in [0.05, 0.1) is 11.4 Å². The van der Waals surface area contributed by atoms with Gasteiger partial charge in [-0.15, -0.1) is 0 Å². The van der Waals surface area contributed by atoms with E-state index >= 15 is 0 Å². The average molecular weight is 782 g/mol. The Balaban J connectivity index is 1.28. The maximum atomic E-state index is 6.87. The van der Waals surface area contributed by atoms with Crippen molar-refractivity contribution in [2.24, 2.45) is 0 Å². The monoisotopic (exact) mass is 781 g/mol. The predicted molar refractivity (Wildman–Crippen MR) is 246 cm³/mol. The van der Waals surface area contributed by atoms with Crippen LogP contribution in [-0.2, 0) is 21.7 Å². The van der Waals surface area contributed by atoms with Crippen LogP contribution in [-0.4, -0.2) is 9.55 Å². The molecule has 0 saturated carbocycles. The van der Waals surface area contributed by atoms with Crippen LogP contribution in [0.4, 0.5) is 17.2 Å². The average Bonchev–Trinajstić information content (AvgIpc) is 3.52. The number of fused-ring (bicyclic) bond motifs is 3. The number of aryl methyl sites for hydroxylation is 3. The van der Waals surface area contributed by atoms with E-state index in [1.54, 1.807) is 0 Å². The maximum absolute atomic E-state index is 6.87. The first-order valence-electron chi connectivity index (χ1n) is 21.1. The summed E-state index contributed by atoms with van der Waals surface area (Å²) in [4.78, 5) is 7.28. The Morgan fingerprint density at radius 2 is 1.27 bits per heavy atom. The molecule has 0 saturated heterocycles. The minimum absolute atomic E-state index is 0.0181. The number of anilines is 3. The lowest BCUT2D eigenvalue weighted by atomic mass is 9.73. The third-order valence-electron chi connectivity index (χ3n) is 12.2. The van der Waals surface area contributed by atoms with Crippen LogP contribution >= 0.6 is 0 Å². The second-order valence-electron chi connectivity index (χ2n) is 20.4. The number of pyridine rings is 1. The van der Waals surface area contributed by atoms with E-state index in [9.17, 15) is 0 Å². The van der Waals surface area contributed by atoms with Gasteiger partial charge in [-0.05, 0) is 113 Å². The SMILES string of the molecule is Cc1cc(C)c(-[n+]2cn(-c3cccc(Oc4ccc5c(c4)N(c4cc(C(C)(C)C)ccn4)c4ccccc4C5(C)C)c3)c3c(C(C)(C)C)cc(C(C)(C)C)cc32)c(C)c1. The molecule has 0 amide bonds. The van der Waals surface area contributed by atoms with Crippen molar-refractivity contribution in [3.63, 3.8) is 0 Å². The normalized spacial score (nSPS) is 14.0.